The number of carbonyl (C=O) groups is 2. The second-order valence-corrected chi connectivity index (χ2v) is 6.32. The highest BCUT2D eigenvalue weighted by atomic mass is 16.2. The lowest BCUT2D eigenvalue weighted by molar-refractivity contribution is -0.128. The summed E-state index contributed by atoms with van der Waals surface area (Å²) in [6, 6.07) is 8.22. The molecule has 1 N–H and O–H groups in total. The van der Waals surface area contributed by atoms with Crippen LogP contribution in [0.3, 0.4) is 0 Å². The molecule has 3 heterocycles. The first-order chi connectivity index (χ1) is 10.7. The van der Waals surface area contributed by atoms with E-state index >= 15 is 0 Å². The van der Waals surface area contributed by atoms with Gasteiger partial charge in [-0.1, -0.05) is 6.07 Å². The van der Waals surface area contributed by atoms with Gasteiger partial charge in [0.05, 0.1) is 5.56 Å². The van der Waals surface area contributed by atoms with Crippen LogP contribution in [-0.4, -0.2) is 40.2 Å². The van der Waals surface area contributed by atoms with Crippen molar-refractivity contribution in [2.45, 2.75) is 25.3 Å². The summed E-state index contributed by atoms with van der Waals surface area (Å²) in [4.78, 5) is 26.2. The van der Waals surface area contributed by atoms with Crippen molar-refractivity contribution < 1.29 is 9.59 Å². The molecular weight excluding hydrogens is 278 g/mol. The van der Waals surface area contributed by atoms with Crippen molar-refractivity contribution >= 4 is 17.3 Å². The third-order valence-corrected chi connectivity index (χ3v) is 4.54. The van der Waals surface area contributed by atoms with Gasteiger partial charge in [0.25, 0.3) is 5.91 Å². The normalized spacial score (nSPS) is 21.5. The Kier molecular flexibility index (Phi) is 3.13. The van der Waals surface area contributed by atoms with Gasteiger partial charge in [0.1, 0.15) is 0 Å². The number of hydrogen-bond donors (Lipinski definition) is 1. The van der Waals surface area contributed by atoms with E-state index in [1.165, 1.54) is 0 Å². The van der Waals surface area contributed by atoms with Crippen LogP contribution in [0.5, 0.6) is 0 Å². The Balaban J connectivity index is 1.37. The van der Waals surface area contributed by atoms with Crippen molar-refractivity contribution in [3.05, 3.63) is 42.2 Å². The highest BCUT2D eigenvalue weighted by molar-refractivity contribution is 5.95. The summed E-state index contributed by atoms with van der Waals surface area (Å²) in [6.45, 7) is 1.36. The minimum atomic E-state index is -0.0685. The number of amides is 2. The monoisotopic (exact) mass is 297 g/mol. The number of carbonyl (C=O) groups excluding carboxylic acids is 2. The first kappa shape index (κ1) is 13.4. The number of pyridine rings is 1. The Morgan fingerprint density at radius 3 is 2.95 bits per heavy atom. The average Bonchev–Trinajstić information content (AvgIpc) is 3.15. The van der Waals surface area contributed by atoms with Crippen LogP contribution in [-0.2, 0) is 4.79 Å². The molecule has 1 saturated heterocycles. The molecular formula is C17H19N3O2. The van der Waals surface area contributed by atoms with Crippen LogP contribution in [0, 0.1) is 5.92 Å². The number of aromatic nitrogens is 1. The fourth-order valence-corrected chi connectivity index (χ4v) is 3.20. The van der Waals surface area contributed by atoms with Gasteiger partial charge in [0.2, 0.25) is 5.91 Å². The average molecular weight is 297 g/mol. The molecule has 2 aromatic heterocycles. The molecule has 1 saturated carbocycles. The van der Waals surface area contributed by atoms with Gasteiger partial charge < -0.3 is 14.6 Å². The number of nitrogens with one attached hydrogen (secondary N) is 1. The predicted molar refractivity (Wildman–Crippen MR) is 82.6 cm³/mol. The first-order valence-corrected chi connectivity index (χ1v) is 7.85. The number of likely N-dealkylation sites (tertiary alicyclic amines) is 1. The van der Waals surface area contributed by atoms with Gasteiger partial charge in [-0.25, -0.2) is 0 Å². The zero-order valence-corrected chi connectivity index (χ0v) is 12.4. The van der Waals surface area contributed by atoms with Gasteiger partial charge in [-0.3, -0.25) is 9.59 Å². The summed E-state index contributed by atoms with van der Waals surface area (Å²) in [6.07, 6.45) is 6.61. The van der Waals surface area contributed by atoms with Crippen LogP contribution in [0.15, 0.2) is 36.7 Å². The van der Waals surface area contributed by atoms with E-state index in [-0.39, 0.29) is 17.7 Å². The standard InChI is InChI=1S/C17H19N3O2/c21-16-7-12(10-20(16)14-4-5-14)9-18-17(22)13-8-15-3-1-2-6-19(15)11-13/h1-3,6,8,11-12,14H,4-5,7,9-10H2,(H,18,22). The first-order valence-electron chi connectivity index (χ1n) is 7.85. The molecule has 0 bridgehead atoms. The minimum absolute atomic E-state index is 0.0685. The van der Waals surface area contributed by atoms with E-state index in [9.17, 15) is 9.59 Å². The highest BCUT2D eigenvalue weighted by Gasteiger charge is 2.39. The Hall–Kier alpha value is -2.30. The van der Waals surface area contributed by atoms with Crippen molar-refractivity contribution in [1.29, 1.82) is 0 Å². The molecule has 22 heavy (non-hydrogen) atoms. The summed E-state index contributed by atoms with van der Waals surface area (Å²) in [5, 5.41) is 2.97. The van der Waals surface area contributed by atoms with Crippen molar-refractivity contribution in [2.24, 2.45) is 5.92 Å². The molecule has 1 unspecified atom stereocenters. The van der Waals surface area contributed by atoms with E-state index < -0.39 is 0 Å². The second-order valence-electron chi connectivity index (χ2n) is 6.32. The maximum Gasteiger partial charge on any atom is 0.252 e. The smallest absolute Gasteiger partial charge is 0.252 e. The van der Waals surface area contributed by atoms with Crippen molar-refractivity contribution in [2.75, 3.05) is 13.1 Å². The molecule has 114 valence electrons. The molecule has 2 fully saturated rings. The molecule has 1 aliphatic heterocycles. The molecule has 0 spiro atoms. The highest BCUT2D eigenvalue weighted by Crippen LogP contribution is 2.32. The van der Waals surface area contributed by atoms with E-state index in [0.29, 0.717) is 24.6 Å². The van der Waals surface area contributed by atoms with Gasteiger partial charge in [0.15, 0.2) is 0 Å². The van der Waals surface area contributed by atoms with E-state index in [0.717, 1.165) is 24.9 Å². The van der Waals surface area contributed by atoms with E-state index in [1.54, 1.807) is 0 Å². The van der Waals surface area contributed by atoms with Gasteiger partial charge >= 0.3 is 0 Å². The maximum absolute atomic E-state index is 12.3. The molecule has 5 nitrogen and oxygen atoms in total. The quantitative estimate of drug-likeness (QED) is 0.933. The zero-order chi connectivity index (χ0) is 15.1. The molecule has 5 heteroatoms. The second kappa shape index (κ2) is 5.16. The Morgan fingerprint density at radius 2 is 2.18 bits per heavy atom. The Morgan fingerprint density at radius 1 is 1.32 bits per heavy atom. The van der Waals surface area contributed by atoms with Gasteiger partial charge in [0, 0.05) is 49.4 Å². The number of hydrogen-bond acceptors (Lipinski definition) is 2. The Labute approximate surface area is 128 Å². The van der Waals surface area contributed by atoms with Gasteiger partial charge in [-0.15, -0.1) is 0 Å². The van der Waals surface area contributed by atoms with E-state index in [2.05, 4.69) is 5.32 Å². The van der Waals surface area contributed by atoms with Crippen molar-refractivity contribution in [3.63, 3.8) is 0 Å². The van der Waals surface area contributed by atoms with E-state index in [4.69, 9.17) is 0 Å². The lowest BCUT2D eigenvalue weighted by Gasteiger charge is -2.15. The SMILES string of the molecule is O=C(NCC1CC(=O)N(C2CC2)C1)c1cc2ccccn2c1. The summed E-state index contributed by atoms with van der Waals surface area (Å²) in [5.74, 6) is 0.423. The van der Waals surface area contributed by atoms with Crippen LogP contribution in [0.1, 0.15) is 29.6 Å². The molecule has 2 aliphatic rings. The van der Waals surface area contributed by atoms with Crippen LogP contribution in [0.4, 0.5) is 0 Å². The van der Waals surface area contributed by atoms with Crippen LogP contribution in [0.25, 0.3) is 5.52 Å². The molecule has 2 aromatic rings. The molecule has 0 radical (unpaired) electrons. The summed E-state index contributed by atoms with van der Waals surface area (Å²) in [5.41, 5.74) is 1.66. The largest absolute Gasteiger partial charge is 0.352 e. The number of nitrogens with zero attached hydrogens (tertiary/aromatic N) is 2. The topological polar surface area (TPSA) is 53.8 Å². The molecule has 1 aliphatic carbocycles. The van der Waals surface area contributed by atoms with Crippen molar-refractivity contribution in [3.8, 4) is 0 Å². The molecule has 2 amide bonds. The fraction of sp³-hybridized carbons (Fsp3) is 0.412. The third-order valence-electron chi connectivity index (χ3n) is 4.54. The minimum Gasteiger partial charge on any atom is -0.352 e. The molecule has 1 atom stereocenters. The van der Waals surface area contributed by atoms with E-state index in [1.807, 2.05) is 46.0 Å². The van der Waals surface area contributed by atoms with Gasteiger partial charge in [-0.05, 0) is 31.0 Å². The number of fused-ring (bicyclic) bond motifs is 1. The zero-order valence-electron chi connectivity index (χ0n) is 12.4. The van der Waals surface area contributed by atoms with Gasteiger partial charge in [-0.2, -0.15) is 0 Å². The molecule has 4 rings (SSSR count). The van der Waals surface area contributed by atoms with Crippen LogP contribution in [0.2, 0.25) is 0 Å². The fourth-order valence-electron chi connectivity index (χ4n) is 3.20. The summed E-state index contributed by atoms with van der Waals surface area (Å²) < 4.78 is 1.93. The van der Waals surface area contributed by atoms with Crippen LogP contribution < -0.4 is 5.32 Å². The maximum atomic E-state index is 12.3. The number of rotatable bonds is 4. The van der Waals surface area contributed by atoms with Crippen LogP contribution >= 0.6 is 0 Å². The molecule has 0 aromatic carbocycles. The van der Waals surface area contributed by atoms with Crippen molar-refractivity contribution in [1.82, 2.24) is 14.6 Å². The third kappa shape index (κ3) is 2.47. The summed E-state index contributed by atoms with van der Waals surface area (Å²) >= 11 is 0. The predicted octanol–water partition coefficient (Wildman–Crippen LogP) is 1.68. The lowest BCUT2D eigenvalue weighted by Crippen LogP contribution is -2.31. The summed E-state index contributed by atoms with van der Waals surface area (Å²) in [7, 11) is 0. The Bertz CT molecular complexity index is 699. The lowest BCUT2D eigenvalue weighted by atomic mass is 10.1.